The van der Waals surface area contributed by atoms with E-state index in [1.165, 1.54) is 0 Å². The summed E-state index contributed by atoms with van der Waals surface area (Å²) in [5.41, 5.74) is 3.09. The van der Waals surface area contributed by atoms with Crippen molar-refractivity contribution in [3.63, 3.8) is 0 Å². The van der Waals surface area contributed by atoms with Crippen molar-refractivity contribution in [3.8, 4) is 0 Å². The highest BCUT2D eigenvalue weighted by Crippen LogP contribution is 2.31. The molecule has 0 saturated carbocycles. The molecule has 0 radical (unpaired) electrons. The average molecular weight is 318 g/mol. The molecule has 3 aromatic rings. The molecule has 0 fully saturated rings. The molecule has 0 aliphatic rings. The van der Waals surface area contributed by atoms with Gasteiger partial charge < -0.3 is 4.98 Å². The van der Waals surface area contributed by atoms with Crippen molar-refractivity contribution < 1.29 is 4.79 Å². The van der Waals surface area contributed by atoms with Gasteiger partial charge in [-0.3, -0.25) is 4.79 Å². The molecule has 0 aliphatic heterocycles. The van der Waals surface area contributed by atoms with Gasteiger partial charge in [0.2, 0.25) is 0 Å². The number of carbonyl (C=O) groups is 1. The number of benzene rings is 2. The SMILES string of the molecule is CCc1ccccc1C(=O)c1c[nH]c2cc(Cl)cc(Cl)c12. The largest absolute Gasteiger partial charge is 0.360 e. The van der Waals surface area contributed by atoms with Crippen molar-refractivity contribution in [1.29, 1.82) is 0 Å². The monoisotopic (exact) mass is 317 g/mol. The first kappa shape index (κ1) is 14.2. The summed E-state index contributed by atoms with van der Waals surface area (Å²) in [4.78, 5) is 15.9. The maximum absolute atomic E-state index is 12.8. The maximum atomic E-state index is 12.8. The molecule has 4 heteroatoms. The minimum absolute atomic E-state index is 0.0251. The summed E-state index contributed by atoms with van der Waals surface area (Å²) in [6.07, 6.45) is 2.51. The Morgan fingerprint density at radius 2 is 1.90 bits per heavy atom. The number of halogens is 2. The van der Waals surface area contributed by atoms with Crippen molar-refractivity contribution in [3.05, 3.63) is 69.3 Å². The summed E-state index contributed by atoms with van der Waals surface area (Å²) in [5, 5.41) is 1.75. The van der Waals surface area contributed by atoms with Gasteiger partial charge in [-0.15, -0.1) is 0 Å². The van der Waals surface area contributed by atoms with E-state index in [0.29, 0.717) is 21.2 Å². The third kappa shape index (κ3) is 2.45. The Hall–Kier alpha value is -1.77. The van der Waals surface area contributed by atoms with Gasteiger partial charge in [-0.2, -0.15) is 0 Å². The van der Waals surface area contributed by atoms with Gasteiger partial charge in [0.05, 0.1) is 5.02 Å². The minimum atomic E-state index is -0.0251. The second-order valence-corrected chi connectivity index (χ2v) is 5.70. The van der Waals surface area contributed by atoms with E-state index >= 15 is 0 Å². The summed E-state index contributed by atoms with van der Waals surface area (Å²) in [6, 6.07) is 11.1. The molecule has 0 spiro atoms. The first-order valence-corrected chi connectivity index (χ1v) is 7.46. The fourth-order valence-corrected chi connectivity index (χ4v) is 3.15. The van der Waals surface area contributed by atoms with Crippen LogP contribution in [0.3, 0.4) is 0 Å². The zero-order valence-corrected chi connectivity index (χ0v) is 12.9. The van der Waals surface area contributed by atoms with E-state index in [1.54, 1.807) is 18.3 Å². The number of rotatable bonds is 3. The number of aromatic amines is 1. The van der Waals surface area contributed by atoms with E-state index in [2.05, 4.69) is 4.98 Å². The van der Waals surface area contributed by atoms with E-state index in [4.69, 9.17) is 23.2 Å². The van der Waals surface area contributed by atoms with Gasteiger partial charge >= 0.3 is 0 Å². The Kier molecular flexibility index (Phi) is 3.75. The van der Waals surface area contributed by atoms with E-state index in [9.17, 15) is 4.79 Å². The summed E-state index contributed by atoms with van der Waals surface area (Å²) in [6.45, 7) is 2.04. The van der Waals surface area contributed by atoms with E-state index < -0.39 is 0 Å². The highest BCUT2D eigenvalue weighted by atomic mass is 35.5. The average Bonchev–Trinajstić information content (AvgIpc) is 2.90. The molecule has 2 nitrogen and oxygen atoms in total. The Labute approximate surface area is 132 Å². The molecule has 1 N–H and O–H groups in total. The van der Waals surface area contributed by atoms with Crippen LogP contribution in [-0.2, 0) is 6.42 Å². The number of hydrogen-bond acceptors (Lipinski definition) is 1. The molecule has 1 aromatic heterocycles. The molecule has 0 amide bonds. The normalized spacial score (nSPS) is 11.0. The van der Waals surface area contributed by atoms with Crippen LogP contribution in [-0.4, -0.2) is 10.8 Å². The van der Waals surface area contributed by atoms with Crippen LogP contribution < -0.4 is 0 Å². The second kappa shape index (κ2) is 5.55. The highest BCUT2D eigenvalue weighted by Gasteiger charge is 2.18. The zero-order chi connectivity index (χ0) is 15.0. The van der Waals surface area contributed by atoms with Crippen LogP contribution in [0.4, 0.5) is 0 Å². The number of aromatic nitrogens is 1. The molecular weight excluding hydrogens is 305 g/mol. The fourth-order valence-electron chi connectivity index (χ4n) is 2.56. The second-order valence-electron chi connectivity index (χ2n) is 4.85. The molecule has 2 aromatic carbocycles. The molecular formula is C17H13Cl2NO. The van der Waals surface area contributed by atoms with Crippen LogP contribution in [0.25, 0.3) is 10.9 Å². The van der Waals surface area contributed by atoms with Gasteiger partial charge in [0.1, 0.15) is 0 Å². The predicted molar refractivity (Wildman–Crippen MR) is 87.6 cm³/mol. The maximum Gasteiger partial charge on any atom is 0.195 e. The predicted octanol–water partition coefficient (Wildman–Crippen LogP) is 5.27. The van der Waals surface area contributed by atoms with Gasteiger partial charge in [0.25, 0.3) is 0 Å². The van der Waals surface area contributed by atoms with Gasteiger partial charge in [0, 0.05) is 33.2 Å². The highest BCUT2D eigenvalue weighted by molar-refractivity contribution is 6.40. The third-order valence-electron chi connectivity index (χ3n) is 3.58. The van der Waals surface area contributed by atoms with E-state index in [0.717, 1.165) is 22.9 Å². The van der Waals surface area contributed by atoms with Gasteiger partial charge in [-0.25, -0.2) is 0 Å². The Bertz CT molecular complexity index is 836. The van der Waals surface area contributed by atoms with Crippen molar-refractivity contribution >= 4 is 39.9 Å². The summed E-state index contributed by atoms with van der Waals surface area (Å²) >= 11 is 12.2. The zero-order valence-electron chi connectivity index (χ0n) is 11.4. The Balaban J connectivity index is 2.19. The number of H-pyrrole nitrogens is 1. The minimum Gasteiger partial charge on any atom is -0.360 e. The molecule has 0 aliphatic carbocycles. The van der Waals surface area contributed by atoms with Crippen LogP contribution in [0.1, 0.15) is 28.4 Å². The summed E-state index contributed by atoms with van der Waals surface area (Å²) < 4.78 is 0. The van der Waals surface area contributed by atoms with Crippen molar-refractivity contribution in [1.82, 2.24) is 4.98 Å². The molecule has 3 rings (SSSR count). The summed E-state index contributed by atoms with van der Waals surface area (Å²) in [5.74, 6) is -0.0251. The molecule has 0 unspecified atom stereocenters. The fraction of sp³-hybridized carbons (Fsp3) is 0.118. The quantitative estimate of drug-likeness (QED) is 0.656. The van der Waals surface area contributed by atoms with Crippen LogP contribution in [0.2, 0.25) is 10.0 Å². The lowest BCUT2D eigenvalue weighted by atomic mass is 9.97. The smallest absolute Gasteiger partial charge is 0.195 e. The summed E-state index contributed by atoms with van der Waals surface area (Å²) in [7, 11) is 0. The van der Waals surface area contributed by atoms with Crippen LogP contribution in [0.15, 0.2) is 42.6 Å². The van der Waals surface area contributed by atoms with E-state index in [1.807, 2.05) is 31.2 Å². The molecule has 0 atom stereocenters. The lowest BCUT2D eigenvalue weighted by Gasteiger charge is -2.06. The van der Waals surface area contributed by atoms with Crippen molar-refractivity contribution in [2.45, 2.75) is 13.3 Å². The lowest BCUT2D eigenvalue weighted by Crippen LogP contribution is -2.04. The van der Waals surface area contributed by atoms with Gasteiger partial charge in [-0.05, 0) is 24.1 Å². The number of carbonyl (C=O) groups excluding carboxylic acids is 1. The third-order valence-corrected chi connectivity index (χ3v) is 4.10. The molecule has 0 saturated heterocycles. The van der Waals surface area contributed by atoms with Crippen LogP contribution in [0, 0.1) is 0 Å². The number of nitrogens with one attached hydrogen (secondary N) is 1. The number of fused-ring (bicyclic) bond motifs is 1. The molecule has 0 bridgehead atoms. The van der Waals surface area contributed by atoms with Gasteiger partial charge in [0.15, 0.2) is 5.78 Å². The number of hydrogen-bond donors (Lipinski definition) is 1. The number of aryl methyl sites for hydroxylation is 1. The molecule has 1 heterocycles. The lowest BCUT2D eigenvalue weighted by molar-refractivity contribution is 0.103. The molecule has 106 valence electrons. The van der Waals surface area contributed by atoms with E-state index in [-0.39, 0.29) is 5.78 Å². The standard InChI is InChI=1S/C17H13Cl2NO/c1-2-10-5-3-4-6-12(10)17(21)13-9-20-15-8-11(18)7-14(19)16(13)15/h3-9,20H,2H2,1H3. The van der Waals surface area contributed by atoms with Crippen molar-refractivity contribution in [2.24, 2.45) is 0 Å². The first-order valence-electron chi connectivity index (χ1n) is 6.70. The molecule has 21 heavy (non-hydrogen) atoms. The topological polar surface area (TPSA) is 32.9 Å². The Morgan fingerprint density at radius 3 is 2.67 bits per heavy atom. The van der Waals surface area contributed by atoms with Crippen molar-refractivity contribution in [2.75, 3.05) is 0 Å². The van der Waals surface area contributed by atoms with Crippen LogP contribution >= 0.6 is 23.2 Å². The van der Waals surface area contributed by atoms with Crippen LogP contribution in [0.5, 0.6) is 0 Å². The van der Waals surface area contributed by atoms with Gasteiger partial charge in [-0.1, -0.05) is 54.4 Å². The Morgan fingerprint density at radius 1 is 1.14 bits per heavy atom. The first-order chi connectivity index (χ1) is 10.1. The number of ketones is 1.